The van der Waals surface area contributed by atoms with E-state index in [2.05, 4.69) is 19.9 Å². The molecule has 0 aromatic heterocycles. The molecule has 0 fully saturated rings. The van der Waals surface area contributed by atoms with E-state index >= 15 is 0 Å². The smallest absolute Gasteiger partial charge is 0.193 e. The van der Waals surface area contributed by atoms with Gasteiger partial charge in [-0.25, -0.2) is 0 Å². The van der Waals surface area contributed by atoms with Gasteiger partial charge in [0.1, 0.15) is 0 Å². The van der Waals surface area contributed by atoms with Crippen molar-refractivity contribution in [2.24, 2.45) is 0 Å². The van der Waals surface area contributed by atoms with Gasteiger partial charge in [-0.15, -0.1) is 11.8 Å². The summed E-state index contributed by atoms with van der Waals surface area (Å²) in [6, 6.07) is 15.9. The minimum absolute atomic E-state index is 0.107. The third-order valence-corrected chi connectivity index (χ3v) is 4.05. The average Bonchev–Trinajstić information content (AvgIpc) is 2.48. The molecule has 0 amide bonds. The predicted molar refractivity (Wildman–Crippen MR) is 86.7 cm³/mol. The molecule has 0 spiro atoms. The van der Waals surface area contributed by atoms with Gasteiger partial charge in [0.2, 0.25) is 0 Å². The van der Waals surface area contributed by atoms with Gasteiger partial charge in [0.25, 0.3) is 0 Å². The number of carbonyl (C=O) groups is 1. The molecule has 2 aromatic carbocycles. The minimum atomic E-state index is 0.107. The number of carbonyl (C=O) groups excluding carboxylic acids is 1. The molecule has 0 radical (unpaired) electrons. The monoisotopic (exact) mass is 284 g/mol. The molecule has 104 valence electrons. The van der Waals surface area contributed by atoms with E-state index in [4.69, 9.17) is 0 Å². The van der Waals surface area contributed by atoms with Gasteiger partial charge in [-0.1, -0.05) is 38.5 Å². The summed E-state index contributed by atoms with van der Waals surface area (Å²) >= 11 is 1.79. The quantitative estimate of drug-likeness (QED) is 0.549. The normalized spacial score (nSPS) is 10.5. The summed E-state index contributed by atoms with van der Waals surface area (Å²) in [5.74, 6) is 1.16. The van der Waals surface area contributed by atoms with Gasteiger partial charge in [0.05, 0.1) is 0 Å². The fourth-order valence-electron chi connectivity index (χ4n) is 2.19. The lowest BCUT2D eigenvalue weighted by Crippen LogP contribution is -2.01. The van der Waals surface area contributed by atoms with Crippen LogP contribution in [0.5, 0.6) is 0 Å². The summed E-state index contributed by atoms with van der Waals surface area (Å²) < 4.78 is 0. The number of hydrogen-bond donors (Lipinski definition) is 0. The Labute approximate surface area is 125 Å². The molecular weight excluding hydrogens is 264 g/mol. The average molecular weight is 284 g/mol. The van der Waals surface area contributed by atoms with E-state index in [-0.39, 0.29) is 5.78 Å². The molecule has 0 atom stereocenters. The SMILES string of the molecule is CCCc1cccc(C(=O)c2ccc(SCC)cc2)c1. The van der Waals surface area contributed by atoms with Crippen LogP contribution in [0.15, 0.2) is 53.4 Å². The maximum atomic E-state index is 12.5. The van der Waals surface area contributed by atoms with Gasteiger partial charge >= 0.3 is 0 Å². The van der Waals surface area contributed by atoms with Crippen molar-refractivity contribution in [3.63, 3.8) is 0 Å². The van der Waals surface area contributed by atoms with Crippen molar-refractivity contribution in [3.05, 3.63) is 65.2 Å². The zero-order valence-electron chi connectivity index (χ0n) is 12.1. The number of benzene rings is 2. The Morgan fingerprint density at radius 1 is 1.00 bits per heavy atom. The van der Waals surface area contributed by atoms with Gasteiger partial charge in [-0.05, 0) is 48.1 Å². The zero-order valence-corrected chi connectivity index (χ0v) is 12.9. The van der Waals surface area contributed by atoms with E-state index < -0.39 is 0 Å². The van der Waals surface area contributed by atoms with Gasteiger partial charge in [0.15, 0.2) is 5.78 Å². The van der Waals surface area contributed by atoms with Gasteiger partial charge < -0.3 is 0 Å². The highest BCUT2D eigenvalue weighted by Gasteiger charge is 2.09. The fraction of sp³-hybridized carbons (Fsp3) is 0.278. The summed E-state index contributed by atoms with van der Waals surface area (Å²) in [5.41, 5.74) is 2.78. The molecule has 1 nitrogen and oxygen atoms in total. The van der Waals surface area contributed by atoms with Gasteiger partial charge in [-0.3, -0.25) is 4.79 Å². The molecule has 0 heterocycles. The number of ketones is 1. The van der Waals surface area contributed by atoms with E-state index in [1.807, 2.05) is 42.5 Å². The standard InChI is InChI=1S/C18H20OS/c1-3-6-14-7-5-8-16(13-14)18(19)15-9-11-17(12-10-15)20-4-2/h5,7-13H,3-4,6H2,1-2H3. The van der Waals surface area contributed by atoms with Crippen molar-refractivity contribution >= 4 is 17.5 Å². The summed E-state index contributed by atoms with van der Waals surface area (Å²) in [4.78, 5) is 13.7. The van der Waals surface area contributed by atoms with E-state index in [0.717, 1.165) is 29.7 Å². The lowest BCUT2D eigenvalue weighted by Gasteiger charge is -2.05. The predicted octanol–water partition coefficient (Wildman–Crippen LogP) is 4.98. The maximum absolute atomic E-state index is 12.5. The third kappa shape index (κ3) is 3.73. The van der Waals surface area contributed by atoms with E-state index in [1.165, 1.54) is 10.5 Å². The molecule has 0 bridgehead atoms. The topological polar surface area (TPSA) is 17.1 Å². The first kappa shape index (κ1) is 14.9. The Balaban J connectivity index is 2.19. The second kappa shape index (κ2) is 7.30. The van der Waals surface area contributed by atoms with Crippen LogP contribution in [0.25, 0.3) is 0 Å². The van der Waals surface area contributed by atoms with Crippen LogP contribution < -0.4 is 0 Å². The Bertz CT molecular complexity index is 572. The Morgan fingerprint density at radius 2 is 1.75 bits per heavy atom. The van der Waals surface area contributed by atoms with E-state index in [0.29, 0.717) is 0 Å². The van der Waals surface area contributed by atoms with Crippen LogP contribution in [0.1, 0.15) is 41.8 Å². The van der Waals surface area contributed by atoms with Crippen LogP contribution in [-0.4, -0.2) is 11.5 Å². The number of rotatable bonds is 6. The first-order chi connectivity index (χ1) is 9.74. The highest BCUT2D eigenvalue weighted by Crippen LogP contribution is 2.19. The van der Waals surface area contributed by atoms with Crippen molar-refractivity contribution in [1.82, 2.24) is 0 Å². The molecule has 0 saturated carbocycles. The van der Waals surface area contributed by atoms with Crippen molar-refractivity contribution in [3.8, 4) is 0 Å². The van der Waals surface area contributed by atoms with Crippen LogP contribution in [0, 0.1) is 0 Å². The van der Waals surface area contributed by atoms with Crippen LogP contribution in [0.2, 0.25) is 0 Å². The summed E-state index contributed by atoms with van der Waals surface area (Å²) in [7, 11) is 0. The Kier molecular flexibility index (Phi) is 5.42. The van der Waals surface area contributed by atoms with E-state index in [9.17, 15) is 4.79 Å². The third-order valence-electron chi connectivity index (χ3n) is 3.16. The molecule has 0 saturated heterocycles. The maximum Gasteiger partial charge on any atom is 0.193 e. The molecule has 2 heteroatoms. The minimum Gasteiger partial charge on any atom is -0.289 e. The van der Waals surface area contributed by atoms with Crippen molar-refractivity contribution in [1.29, 1.82) is 0 Å². The van der Waals surface area contributed by atoms with Gasteiger partial charge in [-0.2, -0.15) is 0 Å². The fourth-order valence-corrected chi connectivity index (χ4v) is 2.85. The molecule has 0 aliphatic heterocycles. The van der Waals surface area contributed by atoms with E-state index in [1.54, 1.807) is 11.8 Å². The van der Waals surface area contributed by atoms with Crippen molar-refractivity contribution < 1.29 is 4.79 Å². The first-order valence-corrected chi connectivity index (χ1v) is 8.09. The lowest BCUT2D eigenvalue weighted by atomic mass is 10.00. The second-order valence-corrected chi connectivity index (χ2v) is 6.07. The van der Waals surface area contributed by atoms with Crippen LogP contribution in [0.3, 0.4) is 0 Å². The highest BCUT2D eigenvalue weighted by atomic mass is 32.2. The van der Waals surface area contributed by atoms with Crippen molar-refractivity contribution in [2.45, 2.75) is 31.6 Å². The second-order valence-electron chi connectivity index (χ2n) is 4.74. The largest absolute Gasteiger partial charge is 0.289 e. The summed E-state index contributed by atoms with van der Waals surface area (Å²) in [5, 5.41) is 0. The molecule has 2 rings (SSSR count). The highest BCUT2D eigenvalue weighted by molar-refractivity contribution is 7.99. The molecule has 20 heavy (non-hydrogen) atoms. The number of hydrogen-bond acceptors (Lipinski definition) is 2. The molecule has 0 aliphatic carbocycles. The van der Waals surface area contributed by atoms with Crippen LogP contribution in [-0.2, 0) is 6.42 Å². The lowest BCUT2D eigenvalue weighted by molar-refractivity contribution is 0.103. The molecule has 0 aliphatic rings. The zero-order chi connectivity index (χ0) is 14.4. The Hall–Kier alpha value is -1.54. The summed E-state index contributed by atoms with van der Waals surface area (Å²) in [6.07, 6.45) is 2.12. The first-order valence-electron chi connectivity index (χ1n) is 7.11. The Morgan fingerprint density at radius 3 is 2.40 bits per heavy atom. The number of thioether (sulfide) groups is 1. The molecule has 0 N–H and O–H groups in total. The van der Waals surface area contributed by atoms with Crippen LogP contribution >= 0.6 is 11.8 Å². The summed E-state index contributed by atoms with van der Waals surface area (Å²) in [6.45, 7) is 4.28. The number of aryl methyl sites for hydroxylation is 1. The molecule has 0 unspecified atom stereocenters. The van der Waals surface area contributed by atoms with Crippen LogP contribution in [0.4, 0.5) is 0 Å². The van der Waals surface area contributed by atoms with Gasteiger partial charge in [0, 0.05) is 16.0 Å². The molecule has 2 aromatic rings. The molecular formula is C18H20OS. The van der Waals surface area contributed by atoms with Crippen molar-refractivity contribution in [2.75, 3.05) is 5.75 Å².